The summed E-state index contributed by atoms with van der Waals surface area (Å²) in [6, 6.07) is 13.0. The van der Waals surface area contributed by atoms with Gasteiger partial charge >= 0.3 is 0 Å². The molecule has 0 aliphatic carbocycles. The smallest absolute Gasteiger partial charge is 0.244 e. The van der Waals surface area contributed by atoms with Crippen molar-refractivity contribution in [3.63, 3.8) is 0 Å². The number of fused-ring (bicyclic) bond motifs is 1. The Hall–Kier alpha value is -3.32. The van der Waals surface area contributed by atoms with Gasteiger partial charge in [0.1, 0.15) is 5.82 Å². The van der Waals surface area contributed by atoms with Gasteiger partial charge in [-0.05, 0) is 54.3 Å². The van der Waals surface area contributed by atoms with E-state index < -0.39 is 6.04 Å². The highest BCUT2D eigenvalue weighted by molar-refractivity contribution is 5.99. The maximum Gasteiger partial charge on any atom is 0.244 e. The van der Waals surface area contributed by atoms with Crippen molar-refractivity contribution >= 4 is 17.5 Å². The number of halogens is 1. The Kier molecular flexibility index (Phi) is 4.75. The molecule has 3 aromatic rings. The fraction of sp³-hybridized carbons (Fsp3) is 0.190. The van der Waals surface area contributed by atoms with Crippen LogP contribution in [0.15, 0.2) is 54.7 Å². The van der Waals surface area contributed by atoms with Crippen LogP contribution in [-0.4, -0.2) is 28.5 Å². The zero-order valence-electron chi connectivity index (χ0n) is 15.2. The van der Waals surface area contributed by atoms with Crippen LogP contribution in [0.4, 0.5) is 16.0 Å². The molecule has 1 aliphatic rings. The number of carbonyl (C=O) groups excluding carboxylic acids is 1. The molecule has 0 spiro atoms. The van der Waals surface area contributed by atoms with Crippen LogP contribution in [0.1, 0.15) is 11.1 Å². The first-order valence-electron chi connectivity index (χ1n) is 9.04. The summed E-state index contributed by atoms with van der Waals surface area (Å²) in [5.74, 6) is -0.220. The van der Waals surface area contributed by atoms with E-state index in [-0.39, 0.29) is 17.7 Å². The molecule has 7 heteroatoms. The van der Waals surface area contributed by atoms with Gasteiger partial charge in [-0.1, -0.05) is 18.2 Å². The average Bonchev–Trinajstić information content (AvgIpc) is 3.12. The van der Waals surface area contributed by atoms with Crippen LogP contribution in [0.2, 0.25) is 0 Å². The zero-order chi connectivity index (χ0) is 19.7. The van der Waals surface area contributed by atoms with Crippen molar-refractivity contribution in [3.8, 4) is 11.3 Å². The third-order valence-electron chi connectivity index (χ3n) is 4.90. The molecule has 142 valence electrons. The van der Waals surface area contributed by atoms with Crippen molar-refractivity contribution in [1.82, 2.24) is 9.97 Å². The van der Waals surface area contributed by atoms with Gasteiger partial charge in [-0.2, -0.15) is 0 Å². The molecular formula is C21H20FN5O. The second-order valence-corrected chi connectivity index (χ2v) is 6.82. The molecule has 0 saturated carbocycles. The Morgan fingerprint density at radius 3 is 2.71 bits per heavy atom. The number of nitrogen functional groups attached to an aromatic ring is 1. The number of carbonyl (C=O) groups is 1. The largest absolute Gasteiger partial charge is 0.368 e. The number of hydrogen-bond donors (Lipinski definition) is 2. The number of hydrogen-bond acceptors (Lipinski definition) is 5. The van der Waals surface area contributed by atoms with Crippen LogP contribution in [0.3, 0.4) is 0 Å². The van der Waals surface area contributed by atoms with Crippen LogP contribution >= 0.6 is 0 Å². The lowest BCUT2D eigenvalue weighted by Gasteiger charge is -2.22. The molecule has 6 nitrogen and oxygen atoms in total. The molecule has 4 N–H and O–H groups in total. The lowest BCUT2D eigenvalue weighted by atomic mass is 10.0. The van der Waals surface area contributed by atoms with E-state index in [4.69, 9.17) is 11.5 Å². The van der Waals surface area contributed by atoms with Crippen LogP contribution < -0.4 is 16.4 Å². The Bertz CT molecular complexity index is 1020. The van der Waals surface area contributed by atoms with Gasteiger partial charge in [-0.3, -0.25) is 4.79 Å². The minimum absolute atomic E-state index is 0.137. The van der Waals surface area contributed by atoms with E-state index in [1.165, 1.54) is 12.1 Å². The minimum atomic E-state index is -0.683. The predicted octanol–water partition coefficient (Wildman–Crippen LogP) is 2.32. The molecule has 1 aliphatic heterocycles. The first-order chi connectivity index (χ1) is 13.5. The van der Waals surface area contributed by atoms with Gasteiger partial charge in [0.2, 0.25) is 11.9 Å². The van der Waals surface area contributed by atoms with Gasteiger partial charge in [0.25, 0.3) is 0 Å². The van der Waals surface area contributed by atoms with Crippen molar-refractivity contribution in [3.05, 3.63) is 71.7 Å². The summed E-state index contributed by atoms with van der Waals surface area (Å²) in [7, 11) is 0. The Balaban J connectivity index is 1.52. The third kappa shape index (κ3) is 3.57. The van der Waals surface area contributed by atoms with E-state index in [1.54, 1.807) is 29.3 Å². The quantitative estimate of drug-likeness (QED) is 0.727. The van der Waals surface area contributed by atoms with Gasteiger partial charge in [-0.25, -0.2) is 14.4 Å². The topological polar surface area (TPSA) is 98.1 Å². The number of benzene rings is 2. The number of rotatable bonds is 4. The first-order valence-corrected chi connectivity index (χ1v) is 9.04. The maximum absolute atomic E-state index is 13.0. The molecule has 0 bridgehead atoms. The third-order valence-corrected chi connectivity index (χ3v) is 4.90. The number of anilines is 2. The average molecular weight is 377 g/mol. The van der Waals surface area contributed by atoms with Crippen molar-refractivity contribution < 1.29 is 9.18 Å². The van der Waals surface area contributed by atoms with Gasteiger partial charge in [0.15, 0.2) is 0 Å². The van der Waals surface area contributed by atoms with E-state index in [0.29, 0.717) is 13.0 Å². The maximum atomic E-state index is 13.0. The molecule has 1 aromatic heterocycles. The summed E-state index contributed by atoms with van der Waals surface area (Å²) in [5.41, 5.74) is 16.2. The molecule has 0 radical (unpaired) electrons. The number of nitrogens with two attached hydrogens (primary N) is 2. The molecular weight excluding hydrogens is 357 g/mol. The van der Waals surface area contributed by atoms with Crippen LogP contribution in [0.5, 0.6) is 0 Å². The lowest BCUT2D eigenvalue weighted by molar-refractivity contribution is -0.119. The predicted molar refractivity (Wildman–Crippen MR) is 106 cm³/mol. The van der Waals surface area contributed by atoms with Gasteiger partial charge in [0.05, 0.1) is 11.7 Å². The highest BCUT2D eigenvalue weighted by Crippen LogP contribution is 2.32. The number of amides is 1. The lowest BCUT2D eigenvalue weighted by Crippen LogP contribution is -2.44. The highest BCUT2D eigenvalue weighted by Gasteiger charge is 2.28. The molecule has 1 atom stereocenters. The van der Waals surface area contributed by atoms with Gasteiger partial charge < -0.3 is 16.4 Å². The zero-order valence-corrected chi connectivity index (χ0v) is 15.2. The monoisotopic (exact) mass is 377 g/mol. The Morgan fingerprint density at radius 2 is 1.96 bits per heavy atom. The Labute approximate surface area is 162 Å². The van der Waals surface area contributed by atoms with E-state index in [9.17, 15) is 9.18 Å². The molecule has 0 saturated heterocycles. The highest BCUT2D eigenvalue weighted by atomic mass is 19.1. The molecule has 4 rings (SSSR count). The van der Waals surface area contributed by atoms with E-state index in [2.05, 4.69) is 9.97 Å². The minimum Gasteiger partial charge on any atom is -0.368 e. The summed E-state index contributed by atoms with van der Waals surface area (Å²) in [4.78, 5) is 22.7. The summed E-state index contributed by atoms with van der Waals surface area (Å²) in [6.07, 6.45) is 2.73. The van der Waals surface area contributed by atoms with Crippen LogP contribution in [-0.2, 0) is 17.6 Å². The number of nitrogens with zero attached hydrogens (tertiary/aromatic N) is 3. The van der Waals surface area contributed by atoms with Crippen LogP contribution in [0, 0.1) is 5.82 Å². The summed E-state index contributed by atoms with van der Waals surface area (Å²) in [6.45, 7) is 0.584. The fourth-order valence-corrected chi connectivity index (χ4v) is 3.49. The normalized spacial score (nSPS) is 14.0. The summed E-state index contributed by atoms with van der Waals surface area (Å²) in [5, 5.41) is 0. The van der Waals surface area contributed by atoms with E-state index in [0.717, 1.165) is 34.5 Å². The first kappa shape index (κ1) is 18.1. The van der Waals surface area contributed by atoms with Crippen molar-refractivity contribution in [2.75, 3.05) is 17.2 Å². The Morgan fingerprint density at radius 1 is 1.18 bits per heavy atom. The molecule has 0 unspecified atom stereocenters. The van der Waals surface area contributed by atoms with Crippen molar-refractivity contribution in [2.24, 2.45) is 5.73 Å². The summed E-state index contributed by atoms with van der Waals surface area (Å²) < 4.78 is 13.0. The van der Waals surface area contributed by atoms with Gasteiger partial charge in [0, 0.05) is 24.0 Å². The molecule has 1 amide bonds. The van der Waals surface area contributed by atoms with Crippen LogP contribution in [0.25, 0.3) is 11.3 Å². The molecule has 2 heterocycles. The van der Waals surface area contributed by atoms with Gasteiger partial charge in [-0.15, -0.1) is 0 Å². The van der Waals surface area contributed by atoms with Crippen molar-refractivity contribution in [2.45, 2.75) is 18.9 Å². The summed E-state index contributed by atoms with van der Waals surface area (Å²) >= 11 is 0. The molecule has 28 heavy (non-hydrogen) atoms. The SMILES string of the molecule is Nc1nccc(-c2ccc3c(c2)CCN3C(=O)[C@@H](N)Cc2ccc(F)cc2)n1. The van der Waals surface area contributed by atoms with Crippen molar-refractivity contribution in [1.29, 1.82) is 0 Å². The number of aromatic nitrogens is 2. The second kappa shape index (κ2) is 7.36. The van der Waals surface area contributed by atoms with E-state index >= 15 is 0 Å². The second-order valence-electron chi connectivity index (χ2n) is 6.82. The fourth-order valence-electron chi connectivity index (χ4n) is 3.49. The van der Waals surface area contributed by atoms with E-state index in [1.807, 2.05) is 18.2 Å². The molecule has 2 aromatic carbocycles. The molecule has 0 fully saturated rings. The standard InChI is InChI=1S/C21H20FN5O/c22-16-4-1-13(2-5-16)11-17(23)20(28)27-10-8-15-12-14(3-6-19(15)27)18-7-9-25-21(24)26-18/h1-7,9,12,17H,8,10-11,23H2,(H2,24,25,26)/t17-/m0/s1.